The van der Waals surface area contributed by atoms with Gasteiger partial charge in [-0.05, 0) is 24.6 Å². The smallest absolute Gasteiger partial charge is 0.429 e. The van der Waals surface area contributed by atoms with Crippen molar-refractivity contribution in [3.8, 4) is 16.3 Å². The molecule has 25 heavy (non-hydrogen) atoms. The summed E-state index contributed by atoms with van der Waals surface area (Å²) < 4.78 is 46.3. The number of benzene rings is 1. The maximum atomic E-state index is 13.7. The maximum Gasteiger partial charge on any atom is 0.429 e. The Labute approximate surface area is 146 Å². The van der Waals surface area contributed by atoms with Gasteiger partial charge in [-0.1, -0.05) is 24.3 Å². The van der Waals surface area contributed by atoms with Gasteiger partial charge in [0, 0.05) is 27.6 Å². The summed E-state index contributed by atoms with van der Waals surface area (Å²) in [7, 11) is 0. The lowest BCUT2D eigenvalue weighted by atomic mass is 10.0. The summed E-state index contributed by atoms with van der Waals surface area (Å²) >= 11 is 1.42. The minimum Gasteiger partial charge on any atom is -0.460 e. The highest BCUT2D eigenvalue weighted by Crippen LogP contribution is 2.42. The number of alkyl halides is 3. The number of aryl methyl sites for hydroxylation is 1. The van der Waals surface area contributed by atoms with Crippen LogP contribution in [0.3, 0.4) is 0 Å². The van der Waals surface area contributed by atoms with Crippen LogP contribution in [-0.2, 0) is 0 Å². The van der Waals surface area contributed by atoms with E-state index in [1.54, 1.807) is 24.3 Å². The predicted octanol–water partition coefficient (Wildman–Crippen LogP) is 4.78. The second-order valence-electron chi connectivity index (χ2n) is 5.29. The third kappa shape index (κ3) is 3.90. The summed E-state index contributed by atoms with van der Waals surface area (Å²) in [5.41, 5.74) is 5.92. The summed E-state index contributed by atoms with van der Waals surface area (Å²) in [6, 6.07) is 11.2. The summed E-state index contributed by atoms with van der Waals surface area (Å²) in [5, 5.41) is 0. The van der Waals surface area contributed by atoms with Crippen LogP contribution in [0.15, 0.2) is 48.7 Å². The second-order valence-corrected chi connectivity index (χ2v) is 6.58. The first kappa shape index (κ1) is 17.2. The van der Waals surface area contributed by atoms with Crippen LogP contribution in [0.1, 0.15) is 16.5 Å². The van der Waals surface area contributed by atoms with Crippen molar-refractivity contribution in [3.05, 3.63) is 59.1 Å². The maximum absolute atomic E-state index is 13.7. The lowest BCUT2D eigenvalue weighted by Crippen LogP contribution is -2.27. The van der Waals surface area contributed by atoms with Crippen molar-refractivity contribution in [2.45, 2.75) is 19.2 Å². The molecule has 0 radical (unpaired) electrons. The van der Waals surface area contributed by atoms with E-state index in [9.17, 15) is 13.2 Å². The van der Waals surface area contributed by atoms with E-state index in [1.807, 2.05) is 13.0 Å². The first-order valence-electron chi connectivity index (χ1n) is 7.32. The van der Waals surface area contributed by atoms with Gasteiger partial charge < -0.3 is 10.5 Å². The van der Waals surface area contributed by atoms with Crippen LogP contribution in [0.4, 0.5) is 19.1 Å². The van der Waals surface area contributed by atoms with Gasteiger partial charge in [0.05, 0.1) is 0 Å². The Bertz CT molecular complexity index is 879. The molecule has 0 spiro atoms. The van der Waals surface area contributed by atoms with E-state index >= 15 is 0 Å². The summed E-state index contributed by atoms with van der Waals surface area (Å²) in [5.74, 6) is -0.382. The van der Waals surface area contributed by atoms with Gasteiger partial charge >= 0.3 is 6.18 Å². The molecule has 1 aromatic carbocycles. The van der Waals surface area contributed by atoms with Crippen LogP contribution in [0.2, 0.25) is 0 Å². The zero-order valence-corrected chi connectivity index (χ0v) is 13.9. The molecule has 0 aliphatic rings. The number of anilines is 1. The number of rotatable bonds is 4. The quantitative estimate of drug-likeness (QED) is 0.723. The van der Waals surface area contributed by atoms with E-state index in [2.05, 4.69) is 9.97 Å². The molecule has 0 aliphatic carbocycles. The molecule has 4 nitrogen and oxygen atoms in total. The normalized spacial score (nSPS) is 12.8. The number of hydrogen-bond acceptors (Lipinski definition) is 5. The fraction of sp³-hybridized carbons (Fsp3) is 0.176. The van der Waals surface area contributed by atoms with Crippen molar-refractivity contribution in [1.82, 2.24) is 9.97 Å². The van der Waals surface area contributed by atoms with E-state index in [-0.39, 0.29) is 17.4 Å². The largest absolute Gasteiger partial charge is 0.460 e. The summed E-state index contributed by atoms with van der Waals surface area (Å²) in [6.45, 7) is 1.90. The van der Waals surface area contributed by atoms with Crippen molar-refractivity contribution in [2.75, 3.05) is 5.73 Å². The molecular weight excluding hydrogens is 351 g/mol. The van der Waals surface area contributed by atoms with Gasteiger partial charge in [-0.25, -0.2) is 4.98 Å². The Balaban J connectivity index is 2.06. The monoisotopic (exact) mass is 365 g/mol. The number of aromatic nitrogens is 2. The topological polar surface area (TPSA) is 61.0 Å². The Kier molecular flexibility index (Phi) is 4.63. The highest BCUT2D eigenvalue weighted by Gasteiger charge is 2.44. The van der Waals surface area contributed by atoms with Crippen molar-refractivity contribution < 1.29 is 17.9 Å². The van der Waals surface area contributed by atoms with Crippen LogP contribution < -0.4 is 10.5 Å². The van der Waals surface area contributed by atoms with E-state index in [0.717, 1.165) is 9.75 Å². The standard InChI is InChI=1S/C17H14F3N3OS/c1-10-6-7-13(25-10)11-4-2-3-5-12(11)15(17(18,19)20)24-14-8-9-22-16(21)23-14/h2-9,15H,1H3,(H2,21,22,23). The van der Waals surface area contributed by atoms with Crippen molar-refractivity contribution in [3.63, 3.8) is 0 Å². The average Bonchev–Trinajstić information content (AvgIpc) is 2.98. The van der Waals surface area contributed by atoms with Crippen LogP contribution in [0, 0.1) is 6.92 Å². The van der Waals surface area contributed by atoms with E-state index in [0.29, 0.717) is 5.56 Å². The van der Waals surface area contributed by atoms with Gasteiger partial charge in [0.25, 0.3) is 0 Å². The molecule has 0 aliphatic heterocycles. The number of nitrogens with two attached hydrogens (primary N) is 1. The number of nitrogens with zero attached hydrogens (tertiary/aromatic N) is 2. The highest BCUT2D eigenvalue weighted by molar-refractivity contribution is 7.15. The minimum absolute atomic E-state index is 0.0223. The number of hydrogen-bond donors (Lipinski definition) is 1. The van der Waals surface area contributed by atoms with Crippen molar-refractivity contribution in [2.24, 2.45) is 0 Å². The Morgan fingerprint density at radius 1 is 1.12 bits per heavy atom. The van der Waals surface area contributed by atoms with Gasteiger partial charge in [-0.3, -0.25) is 0 Å². The first-order valence-corrected chi connectivity index (χ1v) is 8.14. The number of nitrogen functional groups attached to an aromatic ring is 1. The zero-order chi connectivity index (χ0) is 18.0. The van der Waals surface area contributed by atoms with Gasteiger partial charge in [0.1, 0.15) is 0 Å². The molecule has 1 atom stereocenters. The average molecular weight is 365 g/mol. The van der Waals surface area contributed by atoms with Crippen LogP contribution in [0.25, 0.3) is 10.4 Å². The lowest BCUT2D eigenvalue weighted by Gasteiger charge is -2.23. The molecule has 0 fully saturated rings. The Hall–Kier alpha value is -2.61. The highest BCUT2D eigenvalue weighted by atomic mass is 32.1. The molecule has 130 valence electrons. The molecule has 1 unspecified atom stereocenters. The Morgan fingerprint density at radius 2 is 1.88 bits per heavy atom. The lowest BCUT2D eigenvalue weighted by molar-refractivity contribution is -0.198. The van der Waals surface area contributed by atoms with Crippen LogP contribution in [-0.4, -0.2) is 16.1 Å². The predicted molar refractivity (Wildman–Crippen MR) is 90.4 cm³/mol. The van der Waals surface area contributed by atoms with Crippen molar-refractivity contribution in [1.29, 1.82) is 0 Å². The molecule has 0 bridgehead atoms. The number of thiophene rings is 1. The number of ether oxygens (including phenoxy) is 1. The minimum atomic E-state index is -4.62. The molecule has 2 aromatic heterocycles. The SMILES string of the molecule is Cc1ccc(-c2ccccc2C(Oc2ccnc(N)n2)C(F)(F)F)s1. The van der Waals surface area contributed by atoms with Gasteiger partial charge in [0.2, 0.25) is 17.9 Å². The molecule has 2 heterocycles. The number of halogens is 3. The fourth-order valence-corrected chi connectivity index (χ4v) is 3.29. The molecule has 2 N–H and O–H groups in total. The van der Waals surface area contributed by atoms with E-state index < -0.39 is 12.3 Å². The molecule has 0 saturated carbocycles. The second kappa shape index (κ2) is 6.72. The first-order chi connectivity index (χ1) is 11.8. The molecule has 0 amide bonds. The molecule has 3 aromatic rings. The fourth-order valence-electron chi connectivity index (χ4n) is 2.38. The van der Waals surface area contributed by atoms with Gasteiger partial charge in [-0.15, -0.1) is 11.3 Å². The third-order valence-electron chi connectivity index (χ3n) is 3.43. The molecule has 8 heteroatoms. The van der Waals surface area contributed by atoms with Crippen LogP contribution >= 0.6 is 11.3 Å². The zero-order valence-electron chi connectivity index (χ0n) is 13.1. The molecule has 3 rings (SSSR count). The summed E-state index contributed by atoms with van der Waals surface area (Å²) in [6.07, 6.45) is -5.54. The Morgan fingerprint density at radius 3 is 2.52 bits per heavy atom. The van der Waals surface area contributed by atoms with E-state index in [1.165, 1.54) is 29.7 Å². The molecule has 0 saturated heterocycles. The van der Waals surface area contributed by atoms with Crippen LogP contribution in [0.5, 0.6) is 5.88 Å². The van der Waals surface area contributed by atoms with Crippen molar-refractivity contribution >= 4 is 17.3 Å². The summed E-state index contributed by atoms with van der Waals surface area (Å²) in [4.78, 5) is 9.12. The molecular formula is C17H14F3N3OS. The van der Waals surface area contributed by atoms with Gasteiger partial charge in [0.15, 0.2) is 0 Å². The van der Waals surface area contributed by atoms with E-state index in [4.69, 9.17) is 10.5 Å². The van der Waals surface area contributed by atoms with Gasteiger partial charge in [-0.2, -0.15) is 18.2 Å². The third-order valence-corrected chi connectivity index (χ3v) is 4.47.